The minimum Gasteiger partial charge on any atom is -0.436 e. The summed E-state index contributed by atoms with van der Waals surface area (Å²) in [7, 11) is 0. The van der Waals surface area contributed by atoms with Crippen molar-refractivity contribution < 1.29 is 22.4 Å². The minimum atomic E-state index is -4.48. The zero-order valence-electron chi connectivity index (χ0n) is 14.8. The highest BCUT2D eigenvalue weighted by Gasteiger charge is 2.30. The maximum Gasteiger partial charge on any atom is 0.416 e. The SMILES string of the molecule is O=C(Nc1cccc(-c2nc3ccccc3o2)c1)Nc1cccc(C(F)(F)F)c1. The molecule has 29 heavy (non-hydrogen) atoms. The molecule has 2 N–H and O–H groups in total. The Kier molecular flexibility index (Phi) is 4.67. The Balaban J connectivity index is 1.50. The quantitative estimate of drug-likeness (QED) is 0.435. The molecule has 0 aliphatic carbocycles. The first-order valence-electron chi connectivity index (χ1n) is 8.60. The average Bonchev–Trinajstić information content (AvgIpc) is 3.12. The standard InChI is InChI=1S/C21H14F3N3O2/c22-21(23,24)14-6-4-8-16(12-14)26-20(28)25-15-7-3-5-13(11-15)19-27-17-9-1-2-10-18(17)29-19/h1-12H,(H2,25,26,28). The van der Waals surface area contributed by atoms with Gasteiger partial charge in [0.05, 0.1) is 5.56 Å². The molecule has 0 unspecified atom stereocenters. The van der Waals surface area contributed by atoms with Crippen LogP contribution in [0.3, 0.4) is 0 Å². The number of rotatable bonds is 3. The highest BCUT2D eigenvalue weighted by atomic mass is 19.4. The number of aromatic nitrogens is 1. The van der Waals surface area contributed by atoms with E-state index in [4.69, 9.17) is 4.42 Å². The minimum absolute atomic E-state index is 0.0347. The predicted octanol–water partition coefficient (Wildman–Crippen LogP) is 6.16. The van der Waals surface area contributed by atoms with Crippen molar-refractivity contribution in [2.24, 2.45) is 0 Å². The molecular formula is C21H14F3N3O2. The highest BCUT2D eigenvalue weighted by molar-refractivity contribution is 6.00. The summed E-state index contributed by atoms with van der Waals surface area (Å²) in [6.07, 6.45) is -4.48. The fourth-order valence-electron chi connectivity index (χ4n) is 2.79. The predicted molar refractivity (Wildman–Crippen MR) is 104 cm³/mol. The van der Waals surface area contributed by atoms with Gasteiger partial charge in [-0.3, -0.25) is 0 Å². The first-order valence-corrected chi connectivity index (χ1v) is 8.60. The van der Waals surface area contributed by atoms with Gasteiger partial charge in [-0.2, -0.15) is 13.2 Å². The summed E-state index contributed by atoms with van der Waals surface area (Å²) in [5, 5.41) is 4.99. The van der Waals surface area contributed by atoms with Crippen LogP contribution in [0.4, 0.5) is 29.3 Å². The molecule has 4 aromatic rings. The fourth-order valence-corrected chi connectivity index (χ4v) is 2.79. The highest BCUT2D eigenvalue weighted by Crippen LogP contribution is 2.31. The number of nitrogens with one attached hydrogen (secondary N) is 2. The van der Waals surface area contributed by atoms with Crippen LogP contribution in [0.15, 0.2) is 77.2 Å². The number of amides is 2. The molecule has 4 rings (SSSR count). The normalized spacial score (nSPS) is 11.4. The van der Waals surface area contributed by atoms with Crippen molar-refractivity contribution in [3.8, 4) is 11.5 Å². The molecule has 0 saturated heterocycles. The lowest BCUT2D eigenvalue weighted by molar-refractivity contribution is -0.137. The van der Waals surface area contributed by atoms with Gasteiger partial charge in [-0.1, -0.05) is 24.3 Å². The third-order valence-corrected chi connectivity index (χ3v) is 4.11. The Morgan fingerprint density at radius 1 is 0.862 bits per heavy atom. The second kappa shape index (κ2) is 7.31. The summed E-state index contributed by atoms with van der Waals surface area (Å²) in [5.41, 5.74) is 1.64. The molecule has 0 atom stereocenters. The van der Waals surface area contributed by atoms with Crippen LogP contribution in [0.25, 0.3) is 22.6 Å². The lowest BCUT2D eigenvalue weighted by atomic mass is 10.2. The van der Waals surface area contributed by atoms with Crippen LogP contribution in [0, 0.1) is 0 Å². The summed E-state index contributed by atoms with van der Waals surface area (Å²) in [6, 6.07) is 17.9. The summed E-state index contributed by atoms with van der Waals surface area (Å²) in [6.45, 7) is 0. The maximum absolute atomic E-state index is 12.8. The number of hydrogen-bond acceptors (Lipinski definition) is 3. The largest absolute Gasteiger partial charge is 0.436 e. The van der Waals surface area contributed by atoms with Crippen molar-refractivity contribution in [2.45, 2.75) is 6.18 Å². The lowest BCUT2D eigenvalue weighted by Gasteiger charge is -2.11. The number of carbonyl (C=O) groups excluding carboxylic acids is 1. The Labute approximate surface area is 163 Å². The number of carbonyl (C=O) groups is 1. The molecule has 146 valence electrons. The third kappa shape index (κ3) is 4.21. The number of fused-ring (bicyclic) bond motifs is 1. The van der Waals surface area contributed by atoms with Crippen molar-refractivity contribution in [1.82, 2.24) is 4.98 Å². The first-order chi connectivity index (χ1) is 13.9. The summed E-state index contributed by atoms with van der Waals surface area (Å²) < 4.78 is 44.1. The monoisotopic (exact) mass is 397 g/mol. The molecule has 0 spiro atoms. The summed E-state index contributed by atoms with van der Waals surface area (Å²) >= 11 is 0. The Hall–Kier alpha value is -3.81. The fraction of sp³-hybridized carbons (Fsp3) is 0.0476. The Bertz CT molecular complexity index is 1150. The van der Waals surface area contributed by atoms with Gasteiger partial charge < -0.3 is 15.1 Å². The van der Waals surface area contributed by atoms with Gasteiger partial charge in [0, 0.05) is 16.9 Å². The molecule has 8 heteroatoms. The van der Waals surface area contributed by atoms with Gasteiger partial charge in [0.2, 0.25) is 5.89 Å². The number of hydrogen-bond donors (Lipinski definition) is 2. The Morgan fingerprint density at radius 2 is 1.55 bits per heavy atom. The second-order valence-electron chi connectivity index (χ2n) is 6.23. The average molecular weight is 397 g/mol. The molecule has 1 aromatic heterocycles. The van der Waals surface area contributed by atoms with Crippen LogP contribution < -0.4 is 10.6 Å². The lowest BCUT2D eigenvalue weighted by Crippen LogP contribution is -2.19. The van der Waals surface area contributed by atoms with Gasteiger partial charge in [0.15, 0.2) is 5.58 Å². The van der Waals surface area contributed by atoms with Crippen molar-refractivity contribution in [3.05, 3.63) is 78.4 Å². The molecule has 0 bridgehead atoms. The maximum atomic E-state index is 12.8. The molecule has 3 aromatic carbocycles. The van der Waals surface area contributed by atoms with E-state index in [1.807, 2.05) is 18.2 Å². The zero-order chi connectivity index (χ0) is 20.4. The molecule has 0 aliphatic heterocycles. The number of halogens is 3. The van der Waals surface area contributed by atoms with Gasteiger partial charge >= 0.3 is 12.2 Å². The van der Waals surface area contributed by atoms with Crippen molar-refractivity contribution in [1.29, 1.82) is 0 Å². The zero-order valence-corrected chi connectivity index (χ0v) is 14.8. The Morgan fingerprint density at radius 3 is 2.28 bits per heavy atom. The van der Waals surface area contributed by atoms with E-state index in [0.717, 1.165) is 12.1 Å². The summed E-state index contributed by atoms with van der Waals surface area (Å²) in [5.74, 6) is 0.396. The van der Waals surface area contributed by atoms with E-state index in [0.29, 0.717) is 28.2 Å². The number of urea groups is 1. The van der Waals surface area contributed by atoms with Crippen molar-refractivity contribution in [2.75, 3.05) is 10.6 Å². The van der Waals surface area contributed by atoms with Gasteiger partial charge in [-0.25, -0.2) is 9.78 Å². The van der Waals surface area contributed by atoms with E-state index >= 15 is 0 Å². The van der Waals surface area contributed by atoms with Gasteiger partial charge in [0.1, 0.15) is 5.52 Å². The number of oxazole rings is 1. The topological polar surface area (TPSA) is 67.2 Å². The van der Waals surface area contributed by atoms with E-state index in [2.05, 4.69) is 15.6 Å². The number of benzene rings is 3. The van der Waals surface area contributed by atoms with E-state index < -0.39 is 17.8 Å². The van der Waals surface area contributed by atoms with Crippen LogP contribution in [0.1, 0.15) is 5.56 Å². The summed E-state index contributed by atoms with van der Waals surface area (Å²) in [4.78, 5) is 16.6. The van der Waals surface area contributed by atoms with Crippen LogP contribution in [-0.2, 0) is 6.18 Å². The van der Waals surface area contributed by atoms with Gasteiger partial charge in [0.25, 0.3) is 0 Å². The van der Waals surface area contributed by atoms with E-state index in [-0.39, 0.29) is 5.69 Å². The van der Waals surface area contributed by atoms with E-state index in [9.17, 15) is 18.0 Å². The molecule has 2 amide bonds. The van der Waals surface area contributed by atoms with Crippen LogP contribution in [-0.4, -0.2) is 11.0 Å². The molecule has 0 saturated carbocycles. The smallest absolute Gasteiger partial charge is 0.416 e. The number of nitrogens with zero attached hydrogens (tertiary/aromatic N) is 1. The van der Waals surface area contributed by atoms with Crippen LogP contribution in [0.2, 0.25) is 0 Å². The molecule has 0 fully saturated rings. The van der Waals surface area contributed by atoms with Crippen molar-refractivity contribution in [3.63, 3.8) is 0 Å². The van der Waals surface area contributed by atoms with E-state index in [1.54, 1.807) is 30.3 Å². The third-order valence-electron chi connectivity index (χ3n) is 4.11. The molecule has 1 heterocycles. The first kappa shape index (κ1) is 18.5. The second-order valence-corrected chi connectivity index (χ2v) is 6.23. The molecule has 5 nitrogen and oxygen atoms in total. The molecular weight excluding hydrogens is 383 g/mol. The van der Waals surface area contributed by atoms with Crippen molar-refractivity contribution >= 4 is 28.5 Å². The van der Waals surface area contributed by atoms with Crippen LogP contribution in [0.5, 0.6) is 0 Å². The van der Waals surface area contributed by atoms with Gasteiger partial charge in [-0.05, 0) is 48.5 Å². The van der Waals surface area contributed by atoms with Crippen LogP contribution >= 0.6 is 0 Å². The number of alkyl halides is 3. The molecule has 0 radical (unpaired) electrons. The number of para-hydroxylation sites is 2. The number of anilines is 2. The van der Waals surface area contributed by atoms with Gasteiger partial charge in [-0.15, -0.1) is 0 Å². The van der Waals surface area contributed by atoms with E-state index in [1.165, 1.54) is 12.1 Å². The molecule has 0 aliphatic rings.